The molecular formula is C17H28N2O. The Kier molecular flexibility index (Phi) is 5.58. The highest BCUT2D eigenvalue weighted by molar-refractivity contribution is 5.24. The fraction of sp³-hybridized carbons (Fsp3) is 0.647. The quantitative estimate of drug-likeness (QED) is 0.839. The first-order chi connectivity index (χ1) is 9.65. The number of aliphatic hydroxyl groups excluding tert-OH is 1. The predicted molar refractivity (Wildman–Crippen MR) is 83.5 cm³/mol. The van der Waals surface area contributed by atoms with Gasteiger partial charge in [0.2, 0.25) is 0 Å². The van der Waals surface area contributed by atoms with Crippen LogP contribution in [0.5, 0.6) is 0 Å². The minimum absolute atomic E-state index is 0.00444. The Morgan fingerprint density at radius 1 is 1.20 bits per heavy atom. The van der Waals surface area contributed by atoms with Gasteiger partial charge in [0.15, 0.2) is 0 Å². The van der Waals surface area contributed by atoms with E-state index in [9.17, 15) is 5.11 Å². The molecule has 0 aliphatic heterocycles. The minimum Gasteiger partial charge on any atom is -0.394 e. The lowest BCUT2D eigenvalue weighted by Gasteiger charge is -2.35. The summed E-state index contributed by atoms with van der Waals surface area (Å²) < 4.78 is 0. The molecule has 3 nitrogen and oxygen atoms in total. The van der Waals surface area contributed by atoms with Crippen molar-refractivity contribution in [3.05, 3.63) is 35.9 Å². The van der Waals surface area contributed by atoms with Gasteiger partial charge in [-0.25, -0.2) is 0 Å². The average molecular weight is 276 g/mol. The van der Waals surface area contributed by atoms with Gasteiger partial charge in [0.1, 0.15) is 0 Å². The molecule has 20 heavy (non-hydrogen) atoms. The smallest absolute Gasteiger partial charge is 0.0656 e. The monoisotopic (exact) mass is 276 g/mol. The third-order valence-corrected chi connectivity index (χ3v) is 4.74. The van der Waals surface area contributed by atoms with Gasteiger partial charge < -0.3 is 15.7 Å². The first-order valence-corrected chi connectivity index (χ1v) is 7.81. The molecule has 3 heteroatoms. The zero-order valence-electron chi connectivity index (χ0n) is 12.6. The summed E-state index contributed by atoms with van der Waals surface area (Å²) in [6.45, 7) is 0.937. The van der Waals surface area contributed by atoms with Crippen LogP contribution in [-0.2, 0) is 5.54 Å². The third-order valence-electron chi connectivity index (χ3n) is 4.74. The van der Waals surface area contributed by atoms with Crippen LogP contribution in [0.2, 0.25) is 0 Å². The molecule has 2 rings (SSSR count). The maximum atomic E-state index is 9.72. The molecule has 0 bridgehead atoms. The lowest BCUT2D eigenvalue weighted by molar-refractivity contribution is 0.142. The fourth-order valence-electron chi connectivity index (χ4n) is 3.17. The van der Waals surface area contributed by atoms with Crippen molar-refractivity contribution in [1.29, 1.82) is 0 Å². The number of aliphatic hydroxyl groups is 1. The van der Waals surface area contributed by atoms with Crippen LogP contribution in [-0.4, -0.2) is 36.2 Å². The van der Waals surface area contributed by atoms with Crippen LogP contribution in [0.3, 0.4) is 0 Å². The second-order valence-electron chi connectivity index (χ2n) is 6.20. The van der Waals surface area contributed by atoms with E-state index in [1.165, 1.54) is 32.1 Å². The van der Waals surface area contributed by atoms with E-state index in [1.807, 2.05) is 30.3 Å². The molecule has 0 saturated heterocycles. The van der Waals surface area contributed by atoms with Gasteiger partial charge in [-0.05, 0) is 31.9 Å². The van der Waals surface area contributed by atoms with Crippen LogP contribution in [0.25, 0.3) is 0 Å². The van der Waals surface area contributed by atoms with E-state index < -0.39 is 5.54 Å². The largest absolute Gasteiger partial charge is 0.394 e. The molecule has 1 aliphatic rings. The standard InChI is InChI=1S/C17H28N2O/c1-19(16-10-6-3-7-11-16)13-12-17(18,14-20)15-8-4-2-5-9-15/h2,4-5,8-9,16,20H,3,6-7,10-14,18H2,1H3. The number of hydrogen-bond acceptors (Lipinski definition) is 3. The van der Waals surface area contributed by atoms with E-state index in [0.29, 0.717) is 6.04 Å². The first kappa shape index (κ1) is 15.5. The van der Waals surface area contributed by atoms with Crippen LogP contribution >= 0.6 is 0 Å². The van der Waals surface area contributed by atoms with Crippen molar-refractivity contribution in [3.8, 4) is 0 Å². The van der Waals surface area contributed by atoms with Gasteiger partial charge in [0.25, 0.3) is 0 Å². The Bertz CT molecular complexity index is 389. The Hall–Kier alpha value is -0.900. The summed E-state index contributed by atoms with van der Waals surface area (Å²) in [4.78, 5) is 2.43. The summed E-state index contributed by atoms with van der Waals surface area (Å²) in [6.07, 6.45) is 7.48. The van der Waals surface area contributed by atoms with Crippen molar-refractivity contribution in [3.63, 3.8) is 0 Å². The Labute approximate surface area is 122 Å². The highest BCUT2D eigenvalue weighted by atomic mass is 16.3. The zero-order chi connectivity index (χ0) is 14.4. The van der Waals surface area contributed by atoms with E-state index >= 15 is 0 Å². The van der Waals surface area contributed by atoms with Crippen molar-refractivity contribution in [2.24, 2.45) is 5.73 Å². The second-order valence-corrected chi connectivity index (χ2v) is 6.20. The molecule has 3 N–H and O–H groups in total. The number of nitrogens with two attached hydrogens (primary N) is 1. The Balaban J connectivity index is 1.93. The van der Waals surface area contributed by atoms with E-state index in [4.69, 9.17) is 5.73 Å². The highest BCUT2D eigenvalue weighted by Crippen LogP contribution is 2.25. The summed E-state index contributed by atoms with van der Waals surface area (Å²) in [6, 6.07) is 10.7. The normalized spacial score (nSPS) is 20.0. The Morgan fingerprint density at radius 3 is 2.45 bits per heavy atom. The minimum atomic E-state index is -0.621. The van der Waals surface area contributed by atoms with Gasteiger partial charge in [-0.2, -0.15) is 0 Å². The van der Waals surface area contributed by atoms with Crippen molar-refractivity contribution < 1.29 is 5.11 Å². The highest BCUT2D eigenvalue weighted by Gasteiger charge is 2.28. The van der Waals surface area contributed by atoms with Crippen molar-refractivity contribution in [1.82, 2.24) is 4.90 Å². The van der Waals surface area contributed by atoms with Crippen LogP contribution in [0, 0.1) is 0 Å². The van der Waals surface area contributed by atoms with Gasteiger partial charge in [-0.1, -0.05) is 49.6 Å². The summed E-state index contributed by atoms with van der Waals surface area (Å²) in [5.74, 6) is 0. The van der Waals surface area contributed by atoms with Crippen molar-refractivity contribution >= 4 is 0 Å². The van der Waals surface area contributed by atoms with Gasteiger partial charge in [0, 0.05) is 12.6 Å². The molecule has 0 heterocycles. The van der Waals surface area contributed by atoms with E-state index in [1.54, 1.807) is 0 Å². The zero-order valence-corrected chi connectivity index (χ0v) is 12.6. The molecule has 0 amide bonds. The molecule has 0 radical (unpaired) electrons. The van der Waals surface area contributed by atoms with E-state index in [0.717, 1.165) is 18.5 Å². The topological polar surface area (TPSA) is 49.5 Å². The van der Waals surface area contributed by atoms with Crippen LogP contribution < -0.4 is 5.73 Å². The lowest BCUT2D eigenvalue weighted by Crippen LogP contribution is -2.45. The fourth-order valence-corrected chi connectivity index (χ4v) is 3.17. The number of hydrogen-bond donors (Lipinski definition) is 2. The maximum Gasteiger partial charge on any atom is 0.0656 e. The molecule has 1 aliphatic carbocycles. The molecular weight excluding hydrogens is 248 g/mol. The van der Waals surface area contributed by atoms with Gasteiger partial charge in [0.05, 0.1) is 12.1 Å². The van der Waals surface area contributed by atoms with Crippen molar-refractivity contribution in [2.75, 3.05) is 20.2 Å². The van der Waals surface area contributed by atoms with Gasteiger partial charge >= 0.3 is 0 Å². The summed E-state index contributed by atoms with van der Waals surface area (Å²) in [7, 11) is 2.19. The summed E-state index contributed by atoms with van der Waals surface area (Å²) in [5, 5.41) is 9.72. The van der Waals surface area contributed by atoms with E-state index in [-0.39, 0.29) is 6.61 Å². The average Bonchev–Trinajstić information content (AvgIpc) is 2.54. The van der Waals surface area contributed by atoms with Crippen molar-refractivity contribution in [2.45, 2.75) is 50.1 Å². The molecule has 0 aromatic heterocycles. The second kappa shape index (κ2) is 7.21. The number of nitrogens with zero attached hydrogens (tertiary/aromatic N) is 1. The molecule has 0 spiro atoms. The molecule has 1 unspecified atom stereocenters. The van der Waals surface area contributed by atoms with Crippen LogP contribution in [0.1, 0.15) is 44.1 Å². The van der Waals surface area contributed by atoms with Crippen LogP contribution in [0.4, 0.5) is 0 Å². The molecule has 1 fully saturated rings. The van der Waals surface area contributed by atoms with Gasteiger partial charge in [-0.3, -0.25) is 0 Å². The Morgan fingerprint density at radius 2 is 1.85 bits per heavy atom. The van der Waals surface area contributed by atoms with E-state index in [2.05, 4.69) is 11.9 Å². The molecule has 112 valence electrons. The number of benzene rings is 1. The van der Waals surface area contributed by atoms with Gasteiger partial charge in [-0.15, -0.1) is 0 Å². The predicted octanol–water partition coefficient (Wildman–Crippen LogP) is 2.49. The third kappa shape index (κ3) is 3.81. The SMILES string of the molecule is CN(CCC(N)(CO)c1ccccc1)C1CCCCC1. The molecule has 1 aromatic carbocycles. The summed E-state index contributed by atoms with van der Waals surface area (Å²) >= 11 is 0. The molecule has 1 saturated carbocycles. The number of rotatable bonds is 6. The van der Waals surface area contributed by atoms with Crippen LogP contribution in [0.15, 0.2) is 30.3 Å². The first-order valence-electron chi connectivity index (χ1n) is 7.81. The summed E-state index contributed by atoms with van der Waals surface area (Å²) in [5.41, 5.74) is 6.83. The lowest BCUT2D eigenvalue weighted by atomic mass is 9.87. The molecule has 1 aromatic rings. The molecule has 1 atom stereocenters. The maximum absolute atomic E-state index is 9.72.